The van der Waals surface area contributed by atoms with Crippen LogP contribution in [0.3, 0.4) is 0 Å². The number of imidazole rings is 1. The van der Waals surface area contributed by atoms with E-state index >= 15 is 0 Å². The van der Waals surface area contributed by atoms with Gasteiger partial charge in [0.1, 0.15) is 0 Å². The summed E-state index contributed by atoms with van der Waals surface area (Å²) in [5.74, 6) is 0.609. The fourth-order valence-corrected chi connectivity index (χ4v) is 2.68. The molecule has 0 spiro atoms. The Morgan fingerprint density at radius 2 is 1.83 bits per heavy atom. The normalized spacial score (nSPS) is 13.3. The number of H-pyrrole nitrogens is 2. The van der Waals surface area contributed by atoms with Crippen LogP contribution in [0.4, 0.5) is 0 Å². The highest BCUT2D eigenvalue weighted by Gasteiger charge is 2.18. The Kier molecular flexibility index (Phi) is 3.87. The molecule has 0 saturated heterocycles. The summed E-state index contributed by atoms with van der Waals surface area (Å²) in [7, 11) is 1.99. The zero-order chi connectivity index (χ0) is 13.1. The van der Waals surface area contributed by atoms with E-state index < -0.39 is 0 Å². The van der Waals surface area contributed by atoms with E-state index in [1.807, 2.05) is 13.1 Å². The molecule has 0 radical (unpaired) electrons. The zero-order valence-corrected chi connectivity index (χ0v) is 11.2. The molecule has 1 aromatic carbocycles. The number of hydrogen-bond donors (Lipinski definition) is 3. The smallest absolute Gasteiger partial charge is 0.313 e. The van der Waals surface area contributed by atoms with Crippen molar-refractivity contribution in [2.75, 3.05) is 7.05 Å². The molecule has 0 saturated carbocycles. The van der Waals surface area contributed by atoms with Crippen LogP contribution >= 0.6 is 0 Å². The quantitative estimate of drug-likeness (QED) is 0.760. The van der Waals surface area contributed by atoms with Gasteiger partial charge in [0.15, 0.2) is 0 Å². The standard InChI is InChI=1S/C14H21N3O/c1-4-9(5-2)13(15-3)10-6-7-11-12(8-10)17-14(18)16-11/h6-9,13,15H,4-5H2,1-3H3,(H2,16,17,18). The van der Waals surface area contributed by atoms with Gasteiger partial charge in [-0.25, -0.2) is 4.79 Å². The Bertz CT molecular complexity index is 566. The van der Waals surface area contributed by atoms with E-state index in [1.165, 1.54) is 5.56 Å². The first-order valence-corrected chi connectivity index (χ1v) is 6.58. The van der Waals surface area contributed by atoms with Gasteiger partial charge in [-0.05, 0) is 30.7 Å². The minimum absolute atomic E-state index is 0.148. The Balaban J connectivity index is 2.41. The highest BCUT2D eigenvalue weighted by molar-refractivity contribution is 5.75. The van der Waals surface area contributed by atoms with E-state index in [-0.39, 0.29) is 5.69 Å². The predicted octanol–water partition coefficient (Wildman–Crippen LogP) is 2.55. The monoisotopic (exact) mass is 247 g/mol. The van der Waals surface area contributed by atoms with E-state index in [0.717, 1.165) is 23.9 Å². The lowest BCUT2D eigenvalue weighted by atomic mass is 9.89. The van der Waals surface area contributed by atoms with Crippen molar-refractivity contribution in [1.29, 1.82) is 0 Å². The molecule has 0 fully saturated rings. The molecule has 0 amide bonds. The summed E-state index contributed by atoms with van der Waals surface area (Å²) in [5, 5.41) is 3.39. The fraction of sp³-hybridized carbons (Fsp3) is 0.500. The molecule has 0 bridgehead atoms. The molecular weight excluding hydrogens is 226 g/mol. The van der Waals surface area contributed by atoms with E-state index in [1.54, 1.807) is 0 Å². The molecule has 1 unspecified atom stereocenters. The Morgan fingerprint density at radius 3 is 2.44 bits per heavy atom. The molecule has 0 aliphatic carbocycles. The van der Waals surface area contributed by atoms with Gasteiger partial charge in [0.2, 0.25) is 0 Å². The first-order valence-electron chi connectivity index (χ1n) is 6.58. The molecule has 0 aliphatic rings. The molecule has 4 heteroatoms. The molecule has 4 nitrogen and oxygen atoms in total. The molecule has 2 rings (SSSR count). The lowest BCUT2D eigenvalue weighted by Crippen LogP contribution is -2.24. The van der Waals surface area contributed by atoms with Gasteiger partial charge in [0.25, 0.3) is 0 Å². The van der Waals surface area contributed by atoms with Crippen LogP contribution in [0.5, 0.6) is 0 Å². The number of nitrogens with one attached hydrogen (secondary N) is 3. The van der Waals surface area contributed by atoms with Crippen LogP contribution in [0.2, 0.25) is 0 Å². The maximum absolute atomic E-state index is 11.3. The molecule has 98 valence electrons. The highest BCUT2D eigenvalue weighted by atomic mass is 16.1. The van der Waals surface area contributed by atoms with Gasteiger partial charge < -0.3 is 15.3 Å². The van der Waals surface area contributed by atoms with Crippen molar-refractivity contribution in [3.8, 4) is 0 Å². The Morgan fingerprint density at radius 1 is 1.17 bits per heavy atom. The van der Waals surface area contributed by atoms with E-state index in [2.05, 4.69) is 41.3 Å². The average Bonchev–Trinajstić information content (AvgIpc) is 2.74. The highest BCUT2D eigenvalue weighted by Crippen LogP contribution is 2.28. The molecule has 2 aromatic rings. The van der Waals surface area contributed by atoms with Gasteiger partial charge in [0, 0.05) is 6.04 Å². The predicted molar refractivity (Wildman–Crippen MR) is 74.8 cm³/mol. The van der Waals surface area contributed by atoms with Crippen LogP contribution in [0, 0.1) is 5.92 Å². The second-order valence-corrected chi connectivity index (χ2v) is 4.73. The van der Waals surface area contributed by atoms with Crippen molar-refractivity contribution in [2.24, 2.45) is 5.92 Å². The van der Waals surface area contributed by atoms with Crippen molar-refractivity contribution in [1.82, 2.24) is 15.3 Å². The summed E-state index contributed by atoms with van der Waals surface area (Å²) >= 11 is 0. The number of fused-ring (bicyclic) bond motifs is 1. The SMILES string of the molecule is CCC(CC)C(NC)c1ccc2[nH]c(=O)[nH]c2c1. The van der Waals surface area contributed by atoms with Crippen LogP contribution in [0.15, 0.2) is 23.0 Å². The topological polar surface area (TPSA) is 60.7 Å². The summed E-state index contributed by atoms with van der Waals surface area (Å²) in [6.07, 6.45) is 2.29. The lowest BCUT2D eigenvalue weighted by Gasteiger charge is -2.25. The molecular formula is C14H21N3O. The lowest BCUT2D eigenvalue weighted by molar-refractivity contribution is 0.360. The van der Waals surface area contributed by atoms with Crippen molar-refractivity contribution in [3.05, 3.63) is 34.2 Å². The molecule has 18 heavy (non-hydrogen) atoms. The second-order valence-electron chi connectivity index (χ2n) is 4.73. The Hall–Kier alpha value is -1.55. The average molecular weight is 247 g/mol. The number of hydrogen-bond acceptors (Lipinski definition) is 2. The summed E-state index contributed by atoms with van der Waals surface area (Å²) in [4.78, 5) is 16.8. The van der Waals surface area contributed by atoms with Crippen LogP contribution in [-0.4, -0.2) is 17.0 Å². The Labute approximate surface area is 107 Å². The van der Waals surface area contributed by atoms with Gasteiger partial charge in [-0.1, -0.05) is 32.8 Å². The van der Waals surface area contributed by atoms with Crippen LogP contribution in [-0.2, 0) is 0 Å². The van der Waals surface area contributed by atoms with Gasteiger partial charge in [-0.3, -0.25) is 0 Å². The van der Waals surface area contributed by atoms with E-state index in [0.29, 0.717) is 12.0 Å². The summed E-state index contributed by atoms with van der Waals surface area (Å²) < 4.78 is 0. The third kappa shape index (κ3) is 2.34. The second kappa shape index (κ2) is 5.40. The van der Waals surface area contributed by atoms with Crippen molar-refractivity contribution in [3.63, 3.8) is 0 Å². The number of aromatic nitrogens is 2. The zero-order valence-electron chi connectivity index (χ0n) is 11.2. The van der Waals surface area contributed by atoms with Crippen LogP contribution in [0.1, 0.15) is 38.3 Å². The largest absolute Gasteiger partial charge is 0.323 e. The third-order valence-corrected chi connectivity index (χ3v) is 3.73. The minimum Gasteiger partial charge on any atom is -0.313 e. The maximum Gasteiger partial charge on any atom is 0.323 e. The summed E-state index contributed by atoms with van der Waals surface area (Å²) in [6, 6.07) is 6.45. The van der Waals surface area contributed by atoms with Crippen LogP contribution in [0.25, 0.3) is 11.0 Å². The molecule has 1 aromatic heterocycles. The first-order chi connectivity index (χ1) is 8.69. The van der Waals surface area contributed by atoms with Crippen molar-refractivity contribution < 1.29 is 0 Å². The van der Waals surface area contributed by atoms with Crippen molar-refractivity contribution >= 4 is 11.0 Å². The van der Waals surface area contributed by atoms with Gasteiger partial charge in [-0.2, -0.15) is 0 Å². The summed E-state index contributed by atoms with van der Waals surface area (Å²) in [6.45, 7) is 4.43. The molecule has 3 N–H and O–H groups in total. The number of benzene rings is 1. The van der Waals surface area contributed by atoms with E-state index in [4.69, 9.17) is 0 Å². The van der Waals surface area contributed by atoms with Crippen molar-refractivity contribution in [2.45, 2.75) is 32.7 Å². The minimum atomic E-state index is -0.148. The third-order valence-electron chi connectivity index (χ3n) is 3.73. The van der Waals surface area contributed by atoms with Gasteiger partial charge in [0.05, 0.1) is 11.0 Å². The molecule has 0 aliphatic heterocycles. The molecule has 1 heterocycles. The van der Waals surface area contributed by atoms with E-state index in [9.17, 15) is 4.79 Å². The first kappa shape index (κ1) is 12.9. The van der Waals surface area contributed by atoms with Gasteiger partial charge in [-0.15, -0.1) is 0 Å². The van der Waals surface area contributed by atoms with Crippen LogP contribution < -0.4 is 11.0 Å². The number of aromatic amines is 2. The maximum atomic E-state index is 11.3. The number of rotatable bonds is 5. The summed E-state index contributed by atoms with van der Waals surface area (Å²) in [5.41, 5.74) is 2.83. The molecule has 1 atom stereocenters. The fourth-order valence-electron chi connectivity index (χ4n) is 2.68. The van der Waals surface area contributed by atoms with Gasteiger partial charge >= 0.3 is 5.69 Å².